The monoisotopic (exact) mass is 181 g/mol. The molecule has 4 nitrogen and oxygen atoms in total. The number of carbonyl (C=O) groups excluding carboxylic acids is 1. The van der Waals surface area contributed by atoms with E-state index in [1.165, 1.54) is 0 Å². The molecule has 0 aliphatic carbocycles. The minimum absolute atomic E-state index is 0.00851. The summed E-state index contributed by atoms with van der Waals surface area (Å²) in [5, 5.41) is 2.90. The highest BCUT2D eigenvalue weighted by atomic mass is 16.1. The fourth-order valence-electron chi connectivity index (χ4n) is 1.07. The molecule has 1 aromatic heterocycles. The first-order valence-corrected chi connectivity index (χ1v) is 4.31. The van der Waals surface area contributed by atoms with Gasteiger partial charge in [-0.05, 0) is 0 Å². The van der Waals surface area contributed by atoms with Gasteiger partial charge in [-0.1, -0.05) is 13.8 Å². The maximum absolute atomic E-state index is 11.6. The van der Waals surface area contributed by atoms with Crippen molar-refractivity contribution in [3.05, 3.63) is 12.0 Å². The van der Waals surface area contributed by atoms with Crippen LogP contribution in [0.2, 0.25) is 0 Å². The molecule has 0 amide bonds. The summed E-state index contributed by atoms with van der Waals surface area (Å²) in [4.78, 5) is 15.7. The Bertz CT molecular complexity index is 315. The number of rotatable bonds is 3. The van der Waals surface area contributed by atoms with Crippen molar-refractivity contribution >= 4 is 11.6 Å². The quantitative estimate of drug-likeness (QED) is 0.715. The number of ketones is 1. The lowest BCUT2D eigenvalue weighted by Crippen LogP contribution is -2.13. The van der Waals surface area contributed by atoms with Gasteiger partial charge in [0.25, 0.3) is 0 Å². The number of hydrogen-bond acceptors (Lipinski definition) is 3. The summed E-state index contributed by atoms with van der Waals surface area (Å²) in [7, 11) is 3.61. The fraction of sp³-hybridized carbons (Fsp3) is 0.556. The van der Waals surface area contributed by atoms with Crippen molar-refractivity contribution in [2.24, 2.45) is 13.0 Å². The molecule has 0 aliphatic rings. The predicted molar refractivity (Wildman–Crippen MR) is 51.9 cm³/mol. The molecular weight excluding hydrogens is 166 g/mol. The summed E-state index contributed by atoms with van der Waals surface area (Å²) in [6.45, 7) is 3.74. The van der Waals surface area contributed by atoms with Crippen LogP contribution in [-0.2, 0) is 7.05 Å². The highest BCUT2D eigenvalue weighted by molar-refractivity contribution is 5.94. The summed E-state index contributed by atoms with van der Waals surface area (Å²) in [6.07, 6.45) is 1.80. The molecule has 13 heavy (non-hydrogen) atoms. The molecule has 72 valence electrons. The van der Waals surface area contributed by atoms with Gasteiger partial charge in [0.2, 0.25) is 5.78 Å². The van der Waals surface area contributed by atoms with E-state index in [4.69, 9.17) is 0 Å². The number of Topliss-reactive ketones (excluding diaryl/α,β-unsaturated/α-hetero) is 1. The van der Waals surface area contributed by atoms with E-state index >= 15 is 0 Å². The van der Waals surface area contributed by atoms with Gasteiger partial charge in [-0.15, -0.1) is 0 Å². The molecule has 0 aliphatic heterocycles. The molecule has 4 heteroatoms. The second-order valence-electron chi connectivity index (χ2n) is 3.33. The number of nitrogens with one attached hydrogen (secondary N) is 1. The Morgan fingerprint density at radius 3 is 2.62 bits per heavy atom. The molecule has 0 fully saturated rings. The van der Waals surface area contributed by atoms with Gasteiger partial charge in [-0.2, -0.15) is 0 Å². The van der Waals surface area contributed by atoms with Crippen LogP contribution in [0.4, 0.5) is 5.82 Å². The first kappa shape index (κ1) is 9.77. The van der Waals surface area contributed by atoms with Crippen LogP contribution in [0.15, 0.2) is 6.20 Å². The lowest BCUT2D eigenvalue weighted by atomic mass is 10.1. The summed E-state index contributed by atoms with van der Waals surface area (Å²) >= 11 is 0. The Morgan fingerprint density at radius 2 is 2.23 bits per heavy atom. The van der Waals surface area contributed by atoms with E-state index < -0.39 is 0 Å². The average molecular weight is 181 g/mol. The van der Waals surface area contributed by atoms with Crippen molar-refractivity contribution in [1.29, 1.82) is 0 Å². The number of carbonyl (C=O) groups is 1. The lowest BCUT2D eigenvalue weighted by Gasteiger charge is -2.02. The van der Waals surface area contributed by atoms with Crippen LogP contribution in [0.25, 0.3) is 0 Å². The first-order valence-electron chi connectivity index (χ1n) is 4.31. The van der Waals surface area contributed by atoms with Crippen LogP contribution in [-0.4, -0.2) is 22.4 Å². The Hall–Kier alpha value is -1.32. The summed E-state index contributed by atoms with van der Waals surface area (Å²) in [6, 6.07) is 0. The number of imidazole rings is 1. The van der Waals surface area contributed by atoms with Crippen molar-refractivity contribution in [3.8, 4) is 0 Å². The first-order chi connectivity index (χ1) is 6.06. The molecular formula is C9H15N3O. The van der Waals surface area contributed by atoms with E-state index in [9.17, 15) is 4.79 Å². The molecule has 0 bridgehead atoms. The van der Waals surface area contributed by atoms with Crippen molar-refractivity contribution in [1.82, 2.24) is 9.55 Å². The average Bonchev–Trinajstić information content (AvgIpc) is 2.45. The highest BCUT2D eigenvalue weighted by Crippen LogP contribution is 2.10. The third-order valence-electron chi connectivity index (χ3n) is 1.88. The highest BCUT2D eigenvalue weighted by Gasteiger charge is 2.16. The Morgan fingerprint density at radius 1 is 1.62 bits per heavy atom. The molecule has 0 atom stereocenters. The number of anilines is 1. The minimum atomic E-state index is -0.00851. The fourth-order valence-corrected chi connectivity index (χ4v) is 1.07. The van der Waals surface area contributed by atoms with Gasteiger partial charge in [0, 0.05) is 26.2 Å². The van der Waals surface area contributed by atoms with Crippen LogP contribution < -0.4 is 5.32 Å². The Balaban J connectivity index is 3.00. The van der Waals surface area contributed by atoms with Gasteiger partial charge < -0.3 is 9.88 Å². The lowest BCUT2D eigenvalue weighted by molar-refractivity contribution is 0.0926. The topological polar surface area (TPSA) is 46.9 Å². The van der Waals surface area contributed by atoms with Gasteiger partial charge in [0.1, 0.15) is 5.82 Å². The Kier molecular flexibility index (Phi) is 2.70. The largest absolute Gasteiger partial charge is 0.372 e. The third-order valence-corrected chi connectivity index (χ3v) is 1.88. The minimum Gasteiger partial charge on any atom is -0.372 e. The zero-order valence-corrected chi connectivity index (χ0v) is 8.46. The zero-order valence-electron chi connectivity index (χ0n) is 8.46. The van der Waals surface area contributed by atoms with Crippen LogP contribution in [0.1, 0.15) is 24.5 Å². The molecule has 0 saturated heterocycles. The molecule has 0 spiro atoms. The van der Waals surface area contributed by atoms with E-state index in [1.807, 2.05) is 20.9 Å². The van der Waals surface area contributed by atoms with Gasteiger partial charge in [0.15, 0.2) is 5.82 Å². The number of hydrogen-bond donors (Lipinski definition) is 1. The molecule has 0 saturated carbocycles. The van der Waals surface area contributed by atoms with Crippen LogP contribution in [0, 0.1) is 5.92 Å². The molecule has 1 aromatic rings. The number of aromatic nitrogens is 2. The van der Waals surface area contributed by atoms with E-state index in [-0.39, 0.29) is 11.7 Å². The number of aryl methyl sites for hydroxylation is 1. The molecule has 0 aromatic carbocycles. The maximum Gasteiger partial charge on any atom is 0.200 e. The van der Waals surface area contributed by atoms with Crippen molar-refractivity contribution in [2.45, 2.75) is 13.8 Å². The molecule has 1 N–H and O–H groups in total. The summed E-state index contributed by atoms with van der Waals surface area (Å²) in [5.74, 6) is 1.31. The van der Waals surface area contributed by atoms with Crippen molar-refractivity contribution in [2.75, 3.05) is 12.4 Å². The smallest absolute Gasteiger partial charge is 0.200 e. The molecule has 1 rings (SSSR count). The zero-order chi connectivity index (χ0) is 10.0. The van der Waals surface area contributed by atoms with Gasteiger partial charge in [-0.25, -0.2) is 4.98 Å². The van der Waals surface area contributed by atoms with E-state index in [0.717, 1.165) is 5.82 Å². The van der Waals surface area contributed by atoms with Gasteiger partial charge >= 0.3 is 0 Å². The Labute approximate surface area is 78.0 Å². The second-order valence-corrected chi connectivity index (χ2v) is 3.33. The van der Waals surface area contributed by atoms with E-state index in [0.29, 0.717) is 5.82 Å². The predicted octanol–water partition coefficient (Wildman–Crippen LogP) is 1.30. The number of nitrogens with zero attached hydrogens (tertiary/aromatic N) is 2. The summed E-state index contributed by atoms with van der Waals surface area (Å²) in [5.41, 5.74) is 0. The third kappa shape index (κ3) is 1.88. The van der Waals surface area contributed by atoms with E-state index in [1.54, 1.807) is 17.8 Å². The maximum atomic E-state index is 11.6. The van der Waals surface area contributed by atoms with E-state index in [2.05, 4.69) is 10.3 Å². The molecule has 1 heterocycles. The van der Waals surface area contributed by atoms with Crippen LogP contribution in [0.5, 0.6) is 0 Å². The van der Waals surface area contributed by atoms with Crippen molar-refractivity contribution in [3.63, 3.8) is 0 Å². The van der Waals surface area contributed by atoms with Gasteiger partial charge in [0.05, 0.1) is 0 Å². The molecule has 0 radical (unpaired) electrons. The van der Waals surface area contributed by atoms with Crippen LogP contribution >= 0.6 is 0 Å². The SMILES string of the molecule is CNc1cn(C)c(C(=O)C(C)C)n1. The summed E-state index contributed by atoms with van der Waals surface area (Å²) < 4.78 is 1.74. The molecule has 0 unspecified atom stereocenters. The standard InChI is InChI=1S/C9H15N3O/c1-6(2)8(13)9-11-7(10-3)5-12(9)4/h5-6,10H,1-4H3. The van der Waals surface area contributed by atoms with Crippen LogP contribution in [0.3, 0.4) is 0 Å². The van der Waals surface area contributed by atoms with Crippen molar-refractivity contribution < 1.29 is 4.79 Å². The second kappa shape index (κ2) is 3.60. The normalized spacial score (nSPS) is 10.5. The van der Waals surface area contributed by atoms with Gasteiger partial charge in [-0.3, -0.25) is 4.79 Å².